The number of hydrogen-bond donors (Lipinski definition) is 2. The van der Waals surface area contributed by atoms with Gasteiger partial charge in [0, 0.05) is 23.7 Å². The molecule has 0 saturated heterocycles. The molecule has 0 aliphatic rings. The summed E-state index contributed by atoms with van der Waals surface area (Å²) in [6.07, 6.45) is 4.15. The first-order valence-corrected chi connectivity index (χ1v) is 14.6. The monoisotopic (exact) mass is 557 g/mol. The molecule has 3 aromatic carbocycles. The molecule has 0 aliphatic carbocycles. The number of para-hydroxylation sites is 1. The van der Waals surface area contributed by atoms with Crippen LogP contribution in [0.25, 0.3) is 11.1 Å². The van der Waals surface area contributed by atoms with Gasteiger partial charge in [0.05, 0.1) is 18.6 Å². The van der Waals surface area contributed by atoms with Gasteiger partial charge in [-0.2, -0.15) is 4.31 Å². The molecule has 1 amide bonds. The number of rotatable bonds is 15. The third-order valence-corrected chi connectivity index (χ3v) is 8.46. The Bertz CT molecular complexity index is 1280. The Morgan fingerprint density at radius 1 is 0.947 bits per heavy atom. The summed E-state index contributed by atoms with van der Waals surface area (Å²) in [4.78, 5) is 12.9. The second kappa shape index (κ2) is 14.9. The molecule has 0 unspecified atom stereocenters. The van der Waals surface area contributed by atoms with Gasteiger partial charge in [0.1, 0.15) is 5.75 Å². The Balaban J connectivity index is 1.77. The average Bonchev–Trinajstić information content (AvgIpc) is 2.93. The van der Waals surface area contributed by atoms with Gasteiger partial charge in [0.15, 0.2) is 0 Å². The lowest BCUT2D eigenvalue weighted by Crippen LogP contribution is -2.42. The minimum Gasteiger partial charge on any atom is -0.496 e. The van der Waals surface area contributed by atoms with E-state index in [0.29, 0.717) is 30.3 Å². The fraction of sp³-hybridized carbons (Fsp3) is 0.345. The summed E-state index contributed by atoms with van der Waals surface area (Å²) in [5.41, 5.74) is 8.01. The predicted molar refractivity (Wildman–Crippen MR) is 153 cm³/mol. The van der Waals surface area contributed by atoms with Crippen molar-refractivity contribution < 1.29 is 17.9 Å². The summed E-state index contributed by atoms with van der Waals surface area (Å²) in [6, 6.07) is 21.4. The Morgan fingerprint density at radius 2 is 1.63 bits per heavy atom. The number of nitrogens with one attached hydrogen (secondary N) is 1. The van der Waals surface area contributed by atoms with E-state index in [1.807, 2.05) is 42.5 Å². The van der Waals surface area contributed by atoms with Crippen LogP contribution in [-0.4, -0.2) is 51.9 Å². The second-order valence-electron chi connectivity index (χ2n) is 8.96. The van der Waals surface area contributed by atoms with Crippen LogP contribution in [0.4, 0.5) is 0 Å². The maximum Gasteiger partial charge on any atom is 0.243 e. The van der Waals surface area contributed by atoms with E-state index in [1.165, 1.54) is 4.31 Å². The number of benzene rings is 3. The number of ether oxygens (including phenoxy) is 1. The van der Waals surface area contributed by atoms with Gasteiger partial charge in [-0.3, -0.25) is 4.79 Å². The Morgan fingerprint density at radius 3 is 2.34 bits per heavy atom. The van der Waals surface area contributed by atoms with Crippen LogP contribution in [0.3, 0.4) is 0 Å². The molecule has 0 saturated carbocycles. The van der Waals surface area contributed by atoms with E-state index in [0.717, 1.165) is 42.4 Å². The van der Waals surface area contributed by atoms with Crippen molar-refractivity contribution in [1.29, 1.82) is 0 Å². The molecule has 7 nitrogen and oxygen atoms in total. The van der Waals surface area contributed by atoms with E-state index in [2.05, 4.69) is 5.32 Å². The molecule has 0 radical (unpaired) electrons. The van der Waals surface area contributed by atoms with Gasteiger partial charge in [-0.05, 0) is 61.2 Å². The van der Waals surface area contributed by atoms with Crippen LogP contribution >= 0.6 is 11.6 Å². The molecular formula is C29H36ClN3O4S. The summed E-state index contributed by atoms with van der Waals surface area (Å²) in [7, 11) is -2.37. The maximum absolute atomic E-state index is 13.7. The van der Waals surface area contributed by atoms with Crippen LogP contribution in [-0.2, 0) is 21.2 Å². The molecule has 0 aromatic heterocycles. The summed E-state index contributed by atoms with van der Waals surface area (Å²) in [5.74, 6) is 0.344. The summed E-state index contributed by atoms with van der Waals surface area (Å²) in [6.45, 7) is 1.01. The second-order valence-corrected chi connectivity index (χ2v) is 11.3. The number of nitrogens with two attached hydrogens (primary N) is 1. The van der Waals surface area contributed by atoms with Crippen molar-refractivity contribution in [2.45, 2.75) is 37.0 Å². The highest BCUT2D eigenvalue weighted by molar-refractivity contribution is 7.89. The quantitative estimate of drug-likeness (QED) is 0.259. The van der Waals surface area contributed by atoms with E-state index in [4.69, 9.17) is 22.1 Å². The molecular weight excluding hydrogens is 522 g/mol. The molecule has 0 aliphatic heterocycles. The lowest BCUT2D eigenvalue weighted by molar-refractivity contribution is -0.121. The Labute approximate surface area is 231 Å². The zero-order valence-electron chi connectivity index (χ0n) is 21.7. The molecule has 0 heterocycles. The number of nitrogens with zero attached hydrogens (tertiary/aromatic N) is 1. The minimum absolute atomic E-state index is 0.114. The normalized spacial score (nSPS) is 11.5. The van der Waals surface area contributed by atoms with Crippen molar-refractivity contribution in [2.24, 2.45) is 5.73 Å². The van der Waals surface area contributed by atoms with Crippen molar-refractivity contribution in [3.05, 3.63) is 83.4 Å². The van der Waals surface area contributed by atoms with Gasteiger partial charge in [-0.15, -0.1) is 0 Å². The van der Waals surface area contributed by atoms with Gasteiger partial charge >= 0.3 is 0 Å². The average molecular weight is 558 g/mol. The molecule has 38 heavy (non-hydrogen) atoms. The van der Waals surface area contributed by atoms with Gasteiger partial charge in [-0.1, -0.05) is 73.0 Å². The van der Waals surface area contributed by atoms with E-state index in [-0.39, 0.29) is 23.9 Å². The van der Waals surface area contributed by atoms with Crippen molar-refractivity contribution in [2.75, 3.05) is 33.3 Å². The predicted octanol–water partition coefficient (Wildman–Crippen LogP) is 4.88. The maximum atomic E-state index is 13.7. The van der Waals surface area contributed by atoms with Crippen LogP contribution in [0.5, 0.6) is 5.75 Å². The zero-order chi connectivity index (χ0) is 27.4. The van der Waals surface area contributed by atoms with Gasteiger partial charge < -0.3 is 15.8 Å². The van der Waals surface area contributed by atoms with E-state index < -0.39 is 10.0 Å². The Kier molecular flexibility index (Phi) is 11.6. The number of hydrogen-bond acceptors (Lipinski definition) is 5. The van der Waals surface area contributed by atoms with Gasteiger partial charge in [0.2, 0.25) is 15.9 Å². The highest BCUT2D eigenvalue weighted by atomic mass is 35.5. The molecule has 0 bridgehead atoms. The number of carbonyl (C=O) groups excluding carboxylic acids is 1. The highest BCUT2D eigenvalue weighted by Crippen LogP contribution is 2.29. The SMILES string of the molecule is COc1ccccc1CCN(CC(=O)NCCCCCCN)S(=O)(=O)c1ccc(-c2ccccc2Cl)cc1. The van der Waals surface area contributed by atoms with Crippen LogP contribution < -0.4 is 15.8 Å². The first-order valence-electron chi connectivity index (χ1n) is 12.8. The first kappa shape index (κ1) is 29.6. The number of sulfonamides is 1. The van der Waals surface area contributed by atoms with Crippen molar-refractivity contribution in [3.8, 4) is 16.9 Å². The molecule has 0 spiro atoms. The molecule has 9 heteroatoms. The number of amides is 1. The summed E-state index contributed by atoms with van der Waals surface area (Å²) < 4.78 is 34.0. The van der Waals surface area contributed by atoms with Crippen LogP contribution in [0.2, 0.25) is 5.02 Å². The Hall–Kier alpha value is -2.91. The van der Waals surface area contributed by atoms with E-state index in [1.54, 1.807) is 37.4 Å². The third kappa shape index (κ3) is 8.30. The van der Waals surface area contributed by atoms with E-state index in [9.17, 15) is 13.2 Å². The molecule has 0 fully saturated rings. The lowest BCUT2D eigenvalue weighted by Gasteiger charge is -2.22. The molecule has 204 valence electrons. The number of unbranched alkanes of at least 4 members (excludes halogenated alkanes) is 3. The van der Waals surface area contributed by atoms with Crippen LogP contribution in [0.15, 0.2) is 77.7 Å². The fourth-order valence-electron chi connectivity index (χ4n) is 4.16. The van der Waals surface area contributed by atoms with Crippen molar-refractivity contribution in [1.82, 2.24) is 9.62 Å². The zero-order valence-corrected chi connectivity index (χ0v) is 23.3. The number of carbonyl (C=O) groups is 1. The van der Waals surface area contributed by atoms with Gasteiger partial charge in [0.25, 0.3) is 0 Å². The molecule has 0 atom stereocenters. The highest BCUT2D eigenvalue weighted by Gasteiger charge is 2.27. The van der Waals surface area contributed by atoms with Crippen molar-refractivity contribution >= 4 is 27.5 Å². The van der Waals surface area contributed by atoms with Crippen molar-refractivity contribution in [3.63, 3.8) is 0 Å². The standard InChI is InChI=1S/C29H36ClN3O4S/c1-37-28-13-7-4-10-24(28)18-21-33(22-29(34)32-20-9-3-2-8-19-31)38(35,36)25-16-14-23(15-17-25)26-11-5-6-12-27(26)30/h4-7,10-17H,2-3,8-9,18-22,31H2,1H3,(H,32,34). The van der Waals surface area contributed by atoms with Crippen LogP contribution in [0.1, 0.15) is 31.2 Å². The van der Waals surface area contributed by atoms with E-state index >= 15 is 0 Å². The molecule has 3 N–H and O–H groups in total. The fourth-order valence-corrected chi connectivity index (χ4v) is 5.80. The molecule has 3 rings (SSSR count). The largest absolute Gasteiger partial charge is 0.496 e. The number of methoxy groups -OCH3 is 1. The minimum atomic E-state index is -3.95. The smallest absolute Gasteiger partial charge is 0.243 e. The first-order chi connectivity index (χ1) is 18.4. The topological polar surface area (TPSA) is 102 Å². The third-order valence-electron chi connectivity index (χ3n) is 6.27. The summed E-state index contributed by atoms with van der Waals surface area (Å²) >= 11 is 6.31. The van der Waals surface area contributed by atoms with Crippen LogP contribution in [0, 0.1) is 0 Å². The number of halogens is 1. The molecule has 3 aromatic rings. The lowest BCUT2D eigenvalue weighted by atomic mass is 10.1. The summed E-state index contributed by atoms with van der Waals surface area (Å²) in [5, 5.41) is 3.44. The van der Waals surface area contributed by atoms with Gasteiger partial charge in [-0.25, -0.2) is 8.42 Å².